The van der Waals surface area contributed by atoms with Crippen molar-refractivity contribution in [2.45, 2.75) is 44.0 Å². The Morgan fingerprint density at radius 1 is 1.22 bits per heavy atom. The van der Waals surface area contributed by atoms with Crippen LogP contribution in [0.5, 0.6) is 0 Å². The standard InChI is InChI=1S/C20H21BrN2O3S/c1-3-19(24)22-9-8-15-11-16(21)12-18(20(15)22)27(25,26)23-13(2)10-14-6-4-5-7-17(14)23/h4-7,11-13H,3,8-10H2,1-2H3. The normalized spacial score (nSPS) is 18.6. The number of halogens is 1. The quantitative estimate of drug-likeness (QED) is 0.715. The number of para-hydroxylation sites is 1. The van der Waals surface area contributed by atoms with Gasteiger partial charge in [-0.3, -0.25) is 9.10 Å². The van der Waals surface area contributed by atoms with Crippen molar-refractivity contribution in [3.63, 3.8) is 0 Å². The summed E-state index contributed by atoms with van der Waals surface area (Å²) in [6.45, 7) is 4.24. The van der Waals surface area contributed by atoms with Gasteiger partial charge in [0.2, 0.25) is 5.91 Å². The topological polar surface area (TPSA) is 57.7 Å². The van der Waals surface area contributed by atoms with Crippen LogP contribution in [0, 0.1) is 0 Å². The second-order valence-corrected chi connectivity index (χ2v) is 9.74. The molecule has 0 aromatic heterocycles. The van der Waals surface area contributed by atoms with Crippen molar-refractivity contribution in [3.05, 3.63) is 52.0 Å². The molecular weight excluding hydrogens is 428 g/mol. The molecule has 2 aromatic rings. The number of hydrogen-bond donors (Lipinski definition) is 0. The zero-order chi connectivity index (χ0) is 19.3. The van der Waals surface area contributed by atoms with Crippen LogP contribution in [0.25, 0.3) is 0 Å². The first-order valence-corrected chi connectivity index (χ1v) is 11.3. The van der Waals surface area contributed by atoms with E-state index in [4.69, 9.17) is 0 Å². The van der Waals surface area contributed by atoms with Gasteiger partial charge in [-0.1, -0.05) is 41.1 Å². The van der Waals surface area contributed by atoms with E-state index in [1.807, 2.05) is 37.3 Å². The molecule has 4 rings (SSSR count). The van der Waals surface area contributed by atoms with E-state index in [9.17, 15) is 13.2 Å². The number of carbonyl (C=O) groups excluding carboxylic acids is 1. The van der Waals surface area contributed by atoms with Gasteiger partial charge in [-0.25, -0.2) is 8.42 Å². The Hall–Kier alpha value is -1.86. The number of hydrogen-bond acceptors (Lipinski definition) is 3. The Morgan fingerprint density at radius 3 is 2.70 bits per heavy atom. The third kappa shape index (κ3) is 2.88. The maximum Gasteiger partial charge on any atom is 0.266 e. The smallest absolute Gasteiger partial charge is 0.266 e. The Bertz CT molecular complexity index is 1040. The molecule has 1 amide bonds. The molecule has 0 radical (unpaired) electrons. The summed E-state index contributed by atoms with van der Waals surface area (Å²) in [5.74, 6) is -0.0533. The zero-order valence-corrected chi connectivity index (χ0v) is 17.7. The van der Waals surface area contributed by atoms with E-state index in [1.54, 1.807) is 17.9 Å². The highest BCUT2D eigenvalue weighted by Gasteiger charge is 2.40. The molecule has 0 fully saturated rings. The second-order valence-electron chi connectivity index (χ2n) is 7.04. The summed E-state index contributed by atoms with van der Waals surface area (Å²) in [4.78, 5) is 14.3. The summed E-state index contributed by atoms with van der Waals surface area (Å²) < 4.78 is 29.7. The van der Waals surface area contributed by atoms with Gasteiger partial charge in [0.05, 0.1) is 11.4 Å². The fourth-order valence-corrected chi connectivity index (χ4v) is 6.73. The van der Waals surface area contributed by atoms with Crippen molar-refractivity contribution in [1.82, 2.24) is 0 Å². The number of carbonyl (C=O) groups is 1. The van der Waals surface area contributed by atoms with Gasteiger partial charge in [0.25, 0.3) is 10.0 Å². The number of anilines is 2. The van der Waals surface area contributed by atoms with Crippen LogP contribution in [0.4, 0.5) is 11.4 Å². The van der Waals surface area contributed by atoms with E-state index in [0.717, 1.165) is 16.8 Å². The van der Waals surface area contributed by atoms with Crippen molar-refractivity contribution in [2.75, 3.05) is 15.7 Å². The molecule has 0 saturated carbocycles. The first-order valence-electron chi connectivity index (χ1n) is 9.09. The van der Waals surface area contributed by atoms with Crippen molar-refractivity contribution in [2.24, 2.45) is 0 Å². The van der Waals surface area contributed by atoms with E-state index >= 15 is 0 Å². The van der Waals surface area contributed by atoms with E-state index in [0.29, 0.717) is 36.0 Å². The molecule has 0 aliphatic carbocycles. The van der Waals surface area contributed by atoms with Crippen molar-refractivity contribution < 1.29 is 13.2 Å². The predicted molar refractivity (Wildman–Crippen MR) is 110 cm³/mol. The van der Waals surface area contributed by atoms with Gasteiger partial charge in [-0.2, -0.15) is 0 Å². The van der Waals surface area contributed by atoms with Crippen LogP contribution in [0.2, 0.25) is 0 Å². The molecule has 2 aliphatic rings. The minimum absolute atomic E-state index is 0.0533. The number of nitrogens with zero attached hydrogens (tertiary/aromatic N) is 2. The van der Waals surface area contributed by atoms with Crippen molar-refractivity contribution >= 4 is 43.2 Å². The summed E-state index contributed by atoms with van der Waals surface area (Å²) >= 11 is 3.45. The highest BCUT2D eigenvalue weighted by molar-refractivity contribution is 9.10. The Morgan fingerprint density at radius 2 is 1.96 bits per heavy atom. The van der Waals surface area contributed by atoms with E-state index in [-0.39, 0.29) is 16.8 Å². The Kier molecular flexibility index (Phi) is 4.55. The molecule has 2 aliphatic heterocycles. The maximum absolute atomic E-state index is 13.7. The van der Waals surface area contributed by atoms with Gasteiger partial charge in [-0.05, 0) is 49.1 Å². The molecule has 0 saturated heterocycles. The molecule has 2 heterocycles. The largest absolute Gasteiger partial charge is 0.310 e. The summed E-state index contributed by atoms with van der Waals surface area (Å²) in [7, 11) is -3.81. The molecule has 0 bridgehead atoms. The number of rotatable bonds is 3. The molecule has 27 heavy (non-hydrogen) atoms. The SMILES string of the molecule is CCC(=O)N1CCc2cc(Br)cc(S(=O)(=O)N3c4ccccc4CC3C)c21. The summed E-state index contributed by atoms with van der Waals surface area (Å²) in [6, 6.07) is 11.0. The van der Waals surface area contributed by atoms with Gasteiger partial charge in [-0.15, -0.1) is 0 Å². The molecule has 0 spiro atoms. The highest BCUT2D eigenvalue weighted by atomic mass is 79.9. The minimum atomic E-state index is -3.81. The third-order valence-electron chi connectivity index (χ3n) is 5.28. The van der Waals surface area contributed by atoms with E-state index in [1.165, 1.54) is 4.31 Å². The lowest BCUT2D eigenvalue weighted by molar-refractivity contribution is -0.118. The second kappa shape index (κ2) is 6.63. The number of benzene rings is 2. The fourth-order valence-electron chi connectivity index (χ4n) is 4.12. The van der Waals surface area contributed by atoms with Crippen LogP contribution in [0.15, 0.2) is 45.8 Å². The average molecular weight is 449 g/mol. The molecule has 142 valence electrons. The molecule has 5 nitrogen and oxygen atoms in total. The van der Waals surface area contributed by atoms with Gasteiger partial charge in [0.15, 0.2) is 0 Å². The highest BCUT2D eigenvalue weighted by Crippen LogP contribution is 2.43. The zero-order valence-electron chi connectivity index (χ0n) is 15.3. The number of fused-ring (bicyclic) bond motifs is 2. The van der Waals surface area contributed by atoms with Crippen LogP contribution in [0.1, 0.15) is 31.4 Å². The van der Waals surface area contributed by atoms with Crippen LogP contribution >= 0.6 is 15.9 Å². The lowest BCUT2D eigenvalue weighted by Crippen LogP contribution is -2.37. The van der Waals surface area contributed by atoms with Gasteiger partial charge >= 0.3 is 0 Å². The number of amides is 1. The van der Waals surface area contributed by atoms with Gasteiger partial charge in [0, 0.05) is 23.5 Å². The predicted octanol–water partition coefficient (Wildman–Crippen LogP) is 3.89. The summed E-state index contributed by atoms with van der Waals surface area (Å²) in [5, 5.41) is 0. The monoisotopic (exact) mass is 448 g/mol. The summed E-state index contributed by atoms with van der Waals surface area (Å²) in [5.41, 5.74) is 3.19. The van der Waals surface area contributed by atoms with Crippen molar-refractivity contribution in [1.29, 1.82) is 0 Å². The Labute approximate surface area is 168 Å². The lowest BCUT2D eigenvalue weighted by Gasteiger charge is -2.27. The maximum atomic E-state index is 13.7. The van der Waals surface area contributed by atoms with Crippen molar-refractivity contribution in [3.8, 4) is 0 Å². The Balaban J connectivity index is 1.90. The molecule has 7 heteroatoms. The molecule has 1 unspecified atom stereocenters. The third-order valence-corrected chi connectivity index (χ3v) is 7.68. The number of sulfonamides is 1. The fraction of sp³-hybridized carbons (Fsp3) is 0.350. The lowest BCUT2D eigenvalue weighted by atomic mass is 10.1. The van der Waals surface area contributed by atoms with Gasteiger partial charge < -0.3 is 4.90 Å². The molecule has 0 N–H and O–H groups in total. The minimum Gasteiger partial charge on any atom is -0.310 e. The van der Waals surface area contributed by atoms with E-state index < -0.39 is 10.0 Å². The summed E-state index contributed by atoms with van der Waals surface area (Å²) in [6.07, 6.45) is 1.69. The van der Waals surface area contributed by atoms with Crippen LogP contribution < -0.4 is 9.21 Å². The molecular formula is C20H21BrN2O3S. The first-order chi connectivity index (χ1) is 12.8. The van der Waals surface area contributed by atoms with Crippen LogP contribution in [-0.2, 0) is 27.7 Å². The van der Waals surface area contributed by atoms with Crippen LogP contribution in [0.3, 0.4) is 0 Å². The molecule has 2 aromatic carbocycles. The average Bonchev–Trinajstić information content (AvgIpc) is 3.20. The van der Waals surface area contributed by atoms with E-state index in [2.05, 4.69) is 15.9 Å². The van der Waals surface area contributed by atoms with Gasteiger partial charge in [0.1, 0.15) is 4.90 Å². The first kappa shape index (κ1) is 18.5. The molecule has 1 atom stereocenters. The van der Waals surface area contributed by atoms with Crippen LogP contribution in [-0.4, -0.2) is 26.9 Å².